The van der Waals surface area contributed by atoms with Crippen LogP contribution in [-0.4, -0.2) is 50.1 Å². The van der Waals surface area contributed by atoms with Crippen LogP contribution >= 0.6 is 11.6 Å². The normalized spacial score (nSPS) is 20.2. The molecule has 8 nitrogen and oxygen atoms in total. The number of anilines is 1. The summed E-state index contributed by atoms with van der Waals surface area (Å²) in [5.74, 6) is -0.219. The second kappa shape index (κ2) is 9.14. The molecule has 1 aliphatic heterocycles. The van der Waals surface area contributed by atoms with Crippen LogP contribution in [0, 0.1) is 5.92 Å². The molecule has 2 fully saturated rings. The van der Waals surface area contributed by atoms with Crippen LogP contribution in [0.4, 0.5) is 10.5 Å². The summed E-state index contributed by atoms with van der Waals surface area (Å²) in [4.78, 5) is 36.4. The number of carbonyl (C=O) groups is 3. The standard InChI is InChI=1S/C19H26ClN5O3/c1-21-12-6-7-14(20)13(8-12)17(26)22-9-15(11-4-2-3-5-11)24-18(27)16-10-23-19(28)25-16/h6-8,11,15-16,21H,2-5,9-10H2,1H3,(H,22,26)(H,24,27)(H2,23,25,28)/t15?,16-/m1/s1. The Morgan fingerprint density at radius 2 is 2.04 bits per heavy atom. The van der Waals surface area contributed by atoms with Crippen molar-refractivity contribution in [3.05, 3.63) is 28.8 Å². The lowest BCUT2D eigenvalue weighted by Crippen LogP contribution is -2.52. The fourth-order valence-corrected chi connectivity index (χ4v) is 3.95. The van der Waals surface area contributed by atoms with Crippen LogP contribution in [-0.2, 0) is 4.79 Å². The van der Waals surface area contributed by atoms with Crippen LogP contribution in [0.25, 0.3) is 0 Å². The third-order valence-electron chi connectivity index (χ3n) is 5.37. The SMILES string of the molecule is CNc1ccc(Cl)c(C(=O)NCC(NC(=O)[C@H]2CNC(=O)N2)C2CCCC2)c1. The van der Waals surface area contributed by atoms with E-state index in [2.05, 4.69) is 26.6 Å². The third-order valence-corrected chi connectivity index (χ3v) is 5.70. The number of hydrogen-bond donors (Lipinski definition) is 5. The van der Waals surface area contributed by atoms with Gasteiger partial charge in [-0.3, -0.25) is 9.59 Å². The largest absolute Gasteiger partial charge is 0.388 e. The molecule has 1 heterocycles. The fourth-order valence-electron chi connectivity index (χ4n) is 3.74. The maximum absolute atomic E-state index is 12.6. The van der Waals surface area contributed by atoms with Crippen LogP contribution in [0.3, 0.4) is 0 Å². The molecule has 1 aliphatic carbocycles. The molecule has 1 saturated heterocycles. The molecule has 1 unspecified atom stereocenters. The van der Waals surface area contributed by atoms with Gasteiger partial charge >= 0.3 is 6.03 Å². The zero-order valence-corrected chi connectivity index (χ0v) is 16.6. The highest BCUT2D eigenvalue weighted by Gasteiger charge is 2.32. The van der Waals surface area contributed by atoms with E-state index in [4.69, 9.17) is 11.6 Å². The highest BCUT2D eigenvalue weighted by molar-refractivity contribution is 6.34. The first-order valence-corrected chi connectivity index (χ1v) is 9.96. The fraction of sp³-hybridized carbons (Fsp3) is 0.526. The zero-order chi connectivity index (χ0) is 20.1. The smallest absolute Gasteiger partial charge is 0.315 e. The molecule has 28 heavy (non-hydrogen) atoms. The summed E-state index contributed by atoms with van der Waals surface area (Å²) in [7, 11) is 1.77. The first kappa shape index (κ1) is 20.3. The third kappa shape index (κ3) is 4.86. The molecule has 1 aromatic rings. The highest BCUT2D eigenvalue weighted by atomic mass is 35.5. The Kier molecular flexibility index (Phi) is 6.61. The second-order valence-corrected chi connectivity index (χ2v) is 7.63. The molecule has 3 rings (SSSR count). The summed E-state index contributed by atoms with van der Waals surface area (Å²) >= 11 is 6.17. The van der Waals surface area contributed by atoms with Crippen molar-refractivity contribution in [2.45, 2.75) is 37.8 Å². The van der Waals surface area contributed by atoms with Crippen LogP contribution in [0.2, 0.25) is 5.02 Å². The summed E-state index contributed by atoms with van der Waals surface area (Å²) < 4.78 is 0. The van der Waals surface area contributed by atoms with Gasteiger partial charge in [-0.25, -0.2) is 4.79 Å². The molecule has 0 aromatic heterocycles. The van der Waals surface area contributed by atoms with Gasteiger partial charge in [-0.15, -0.1) is 0 Å². The molecule has 9 heteroatoms. The molecule has 0 spiro atoms. The zero-order valence-electron chi connectivity index (χ0n) is 15.8. The van der Waals surface area contributed by atoms with Crippen molar-refractivity contribution in [3.8, 4) is 0 Å². The van der Waals surface area contributed by atoms with E-state index in [9.17, 15) is 14.4 Å². The van der Waals surface area contributed by atoms with E-state index in [1.807, 2.05) is 0 Å². The molecule has 0 radical (unpaired) electrons. The number of urea groups is 1. The average Bonchev–Trinajstić information content (AvgIpc) is 3.37. The first-order valence-electron chi connectivity index (χ1n) is 9.58. The summed E-state index contributed by atoms with van der Waals surface area (Å²) in [6, 6.07) is 4.04. The van der Waals surface area contributed by atoms with Gasteiger partial charge in [0.2, 0.25) is 5.91 Å². The van der Waals surface area contributed by atoms with Crippen molar-refractivity contribution in [1.82, 2.24) is 21.3 Å². The van der Waals surface area contributed by atoms with Gasteiger partial charge in [0.25, 0.3) is 5.91 Å². The first-order chi connectivity index (χ1) is 13.5. The molecule has 2 atom stereocenters. The maximum Gasteiger partial charge on any atom is 0.315 e. The van der Waals surface area contributed by atoms with Crippen molar-refractivity contribution >= 4 is 35.1 Å². The average molecular weight is 408 g/mol. The van der Waals surface area contributed by atoms with Crippen LogP contribution < -0.4 is 26.6 Å². The molecule has 0 bridgehead atoms. The van der Waals surface area contributed by atoms with Gasteiger partial charge in [-0.05, 0) is 37.0 Å². The van der Waals surface area contributed by atoms with Crippen molar-refractivity contribution in [2.75, 3.05) is 25.5 Å². The number of benzene rings is 1. The minimum absolute atomic E-state index is 0.192. The van der Waals surface area contributed by atoms with E-state index in [1.165, 1.54) is 0 Å². The van der Waals surface area contributed by atoms with Crippen molar-refractivity contribution in [1.29, 1.82) is 0 Å². The maximum atomic E-state index is 12.6. The molecule has 1 saturated carbocycles. The summed E-state index contributed by atoms with van der Waals surface area (Å²) in [5, 5.41) is 14.4. The van der Waals surface area contributed by atoms with Crippen molar-refractivity contribution < 1.29 is 14.4 Å². The molecule has 5 N–H and O–H groups in total. The van der Waals surface area contributed by atoms with E-state index < -0.39 is 6.04 Å². The van der Waals surface area contributed by atoms with E-state index in [0.717, 1.165) is 31.4 Å². The number of halogens is 1. The Labute approximate surface area is 169 Å². The molecular formula is C19H26ClN5O3. The molecule has 1 aromatic carbocycles. The predicted molar refractivity (Wildman–Crippen MR) is 108 cm³/mol. The Morgan fingerprint density at radius 1 is 1.29 bits per heavy atom. The van der Waals surface area contributed by atoms with E-state index in [1.54, 1.807) is 25.2 Å². The monoisotopic (exact) mass is 407 g/mol. The molecule has 2 aliphatic rings. The van der Waals surface area contributed by atoms with Gasteiger partial charge in [-0.1, -0.05) is 24.4 Å². The molecule has 4 amide bonds. The van der Waals surface area contributed by atoms with E-state index >= 15 is 0 Å². The van der Waals surface area contributed by atoms with Gasteiger partial charge in [0, 0.05) is 31.9 Å². The quantitative estimate of drug-likeness (QED) is 0.471. The predicted octanol–water partition coefficient (Wildman–Crippen LogP) is 1.47. The molecular weight excluding hydrogens is 382 g/mol. The minimum Gasteiger partial charge on any atom is -0.388 e. The van der Waals surface area contributed by atoms with Gasteiger partial charge in [0.15, 0.2) is 0 Å². The van der Waals surface area contributed by atoms with E-state index in [0.29, 0.717) is 23.0 Å². The minimum atomic E-state index is -0.589. The lowest BCUT2D eigenvalue weighted by molar-refractivity contribution is -0.123. The van der Waals surface area contributed by atoms with Crippen LogP contribution in [0.1, 0.15) is 36.0 Å². The second-order valence-electron chi connectivity index (χ2n) is 7.22. The van der Waals surface area contributed by atoms with Gasteiger partial charge in [0.1, 0.15) is 6.04 Å². The number of carbonyl (C=O) groups excluding carboxylic acids is 3. The number of nitrogens with one attached hydrogen (secondary N) is 5. The van der Waals surface area contributed by atoms with Gasteiger partial charge in [0.05, 0.1) is 10.6 Å². The van der Waals surface area contributed by atoms with E-state index in [-0.39, 0.29) is 30.4 Å². The van der Waals surface area contributed by atoms with Gasteiger partial charge < -0.3 is 26.6 Å². The Bertz CT molecular complexity index is 751. The molecule has 152 valence electrons. The van der Waals surface area contributed by atoms with Crippen LogP contribution in [0.5, 0.6) is 0 Å². The highest BCUT2D eigenvalue weighted by Crippen LogP contribution is 2.28. The summed E-state index contributed by atoms with van der Waals surface area (Å²) in [6.07, 6.45) is 4.24. The Morgan fingerprint density at radius 3 is 2.68 bits per heavy atom. The summed E-state index contributed by atoms with van der Waals surface area (Å²) in [6.45, 7) is 0.574. The lowest BCUT2D eigenvalue weighted by atomic mass is 9.97. The van der Waals surface area contributed by atoms with Gasteiger partial charge in [-0.2, -0.15) is 0 Å². The Balaban J connectivity index is 1.63. The number of amides is 4. The lowest BCUT2D eigenvalue weighted by Gasteiger charge is -2.26. The summed E-state index contributed by atoms with van der Waals surface area (Å²) in [5.41, 5.74) is 1.18. The van der Waals surface area contributed by atoms with Crippen molar-refractivity contribution in [2.24, 2.45) is 5.92 Å². The van der Waals surface area contributed by atoms with Crippen molar-refractivity contribution in [3.63, 3.8) is 0 Å². The van der Waals surface area contributed by atoms with Crippen LogP contribution in [0.15, 0.2) is 18.2 Å². The Hall–Kier alpha value is -2.48. The number of hydrogen-bond acceptors (Lipinski definition) is 4. The number of rotatable bonds is 7. The topological polar surface area (TPSA) is 111 Å².